The molecule has 0 saturated heterocycles. The minimum absolute atomic E-state index is 0.0642. The number of furan rings is 1. The second kappa shape index (κ2) is 3.59. The predicted molar refractivity (Wildman–Crippen MR) is 67.5 cm³/mol. The largest absolute Gasteiger partial charge is 0.466 e. The van der Waals surface area contributed by atoms with Gasteiger partial charge in [0.05, 0.1) is 16.8 Å². The van der Waals surface area contributed by atoms with Gasteiger partial charge in [0.25, 0.3) is 0 Å². The SMILES string of the molecule is CC1(C)C(C(NN)c2occc2Br)C1(C)C. The van der Waals surface area contributed by atoms with Crippen LogP contribution < -0.4 is 11.3 Å². The molecule has 0 spiro atoms. The lowest BCUT2D eigenvalue weighted by atomic mass is 10.0. The molecular formula is C12H19BrN2O. The molecule has 2 rings (SSSR count). The highest BCUT2D eigenvalue weighted by Gasteiger charge is 2.67. The van der Waals surface area contributed by atoms with E-state index in [-0.39, 0.29) is 16.9 Å². The van der Waals surface area contributed by atoms with Crippen LogP contribution in [0.15, 0.2) is 21.2 Å². The number of nitrogens with two attached hydrogens (primary N) is 1. The minimum atomic E-state index is 0.0642. The van der Waals surface area contributed by atoms with Crippen molar-refractivity contribution < 1.29 is 4.42 Å². The van der Waals surface area contributed by atoms with Crippen LogP contribution in [0.2, 0.25) is 0 Å². The lowest BCUT2D eigenvalue weighted by molar-refractivity contribution is 0.344. The smallest absolute Gasteiger partial charge is 0.136 e. The van der Waals surface area contributed by atoms with E-state index in [2.05, 4.69) is 49.1 Å². The summed E-state index contributed by atoms with van der Waals surface area (Å²) < 4.78 is 6.50. The van der Waals surface area contributed by atoms with Crippen LogP contribution in [-0.2, 0) is 0 Å². The number of rotatable bonds is 3. The molecule has 0 aliphatic heterocycles. The lowest BCUT2D eigenvalue weighted by Gasteiger charge is -2.16. The Kier molecular flexibility index (Phi) is 2.72. The van der Waals surface area contributed by atoms with E-state index < -0.39 is 0 Å². The fourth-order valence-electron chi connectivity index (χ4n) is 2.93. The van der Waals surface area contributed by atoms with E-state index in [1.54, 1.807) is 6.26 Å². The summed E-state index contributed by atoms with van der Waals surface area (Å²) in [5.41, 5.74) is 3.44. The van der Waals surface area contributed by atoms with E-state index in [9.17, 15) is 0 Å². The fourth-order valence-corrected chi connectivity index (χ4v) is 3.38. The summed E-state index contributed by atoms with van der Waals surface area (Å²) in [5, 5.41) is 0. The Morgan fingerprint density at radius 3 is 2.25 bits per heavy atom. The second-order valence-electron chi connectivity index (χ2n) is 5.70. The molecule has 1 atom stereocenters. The molecule has 0 bridgehead atoms. The highest BCUT2D eigenvalue weighted by molar-refractivity contribution is 9.10. The molecular weight excluding hydrogens is 268 g/mol. The first-order valence-corrected chi connectivity index (χ1v) is 6.32. The van der Waals surface area contributed by atoms with Crippen LogP contribution in [0.1, 0.15) is 39.5 Å². The molecule has 1 aliphatic carbocycles. The third-order valence-corrected chi connectivity index (χ3v) is 5.23. The highest BCUT2D eigenvalue weighted by Crippen LogP contribution is 2.72. The molecule has 0 radical (unpaired) electrons. The summed E-state index contributed by atoms with van der Waals surface area (Å²) in [6.45, 7) is 9.11. The Hall–Kier alpha value is -0.320. The molecule has 1 fully saturated rings. The topological polar surface area (TPSA) is 51.2 Å². The van der Waals surface area contributed by atoms with Crippen molar-refractivity contribution in [3.05, 3.63) is 22.6 Å². The summed E-state index contributed by atoms with van der Waals surface area (Å²) >= 11 is 3.49. The van der Waals surface area contributed by atoms with Gasteiger partial charge in [-0.25, -0.2) is 5.43 Å². The summed E-state index contributed by atoms with van der Waals surface area (Å²) in [6, 6.07) is 1.97. The molecule has 1 aromatic heterocycles. The van der Waals surface area contributed by atoms with Crippen molar-refractivity contribution in [2.24, 2.45) is 22.6 Å². The van der Waals surface area contributed by atoms with E-state index in [0.29, 0.717) is 5.92 Å². The van der Waals surface area contributed by atoms with Crippen molar-refractivity contribution in [1.82, 2.24) is 5.43 Å². The first kappa shape index (κ1) is 12.1. The van der Waals surface area contributed by atoms with E-state index in [0.717, 1.165) is 10.2 Å². The van der Waals surface area contributed by atoms with Gasteiger partial charge >= 0.3 is 0 Å². The number of hydrogen-bond donors (Lipinski definition) is 2. The average Bonchev–Trinajstić information content (AvgIpc) is 2.54. The molecule has 1 unspecified atom stereocenters. The third-order valence-electron chi connectivity index (χ3n) is 4.57. The number of nitrogens with one attached hydrogen (secondary N) is 1. The Morgan fingerprint density at radius 2 is 1.94 bits per heavy atom. The van der Waals surface area contributed by atoms with Crippen LogP contribution in [0.25, 0.3) is 0 Å². The zero-order valence-corrected chi connectivity index (χ0v) is 11.8. The maximum absolute atomic E-state index is 5.69. The van der Waals surface area contributed by atoms with Crippen molar-refractivity contribution in [1.29, 1.82) is 0 Å². The molecule has 4 heteroatoms. The van der Waals surface area contributed by atoms with Crippen molar-refractivity contribution in [3.8, 4) is 0 Å². The van der Waals surface area contributed by atoms with Gasteiger partial charge in [-0.05, 0) is 38.7 Å². The lowest BCUT2D eigenvalue weighted by Crippen LogP contribution is -2.31. The van der Waals surface area contributed by atoms with Crippen molar-refractivity contribution in [2.45, 2.75) is 33.7 Å². The summed E-state index contributed by atoms with van der Waals surface area (Å²) in [6.07, 6.45) is 1.69. The molecule has 0 amide bonds. The van der Waals surface area contributed by atoms with E-state index in [4.69, 9.17) is 10.3 Å². The van der Waals surface area contributed by atoms with Crippen LogP contribution >= 0.6 is 15.9 Å². The van der Waals surface area contributed by atoms with Crippen LogP contribution in [0.3, 0.4) is 0 Å². The summed E-state index contributed by atoms with van der Waals surface area (Å²) in [4.78, 5) is 0. The van der Waals surface area contributed by atoms with Gasteiger partial charge in [0.2, 0.25) is 0 Å². The monoisotopic (exact) mass is 286 g/mol. The van der Waals surface area contributed by atoms with Crippen LogP contribution in [-0.4, -0.2) is 0 Å². The van der Waals surface area contributed by atoms with Crippen LogP contribution in [0.5, 0.6) is 0 Å². The standard InChI is InChI=1S/C12H19BrN2O/c1-11(2)10(12(11,3)4)8(15-14)9-7(13)5-6-16-9/h5-6,8,10,15H,14H2,1-4H3. The Labute approximate surface area is 105 Å². The molecule has 1 aliphatic rings. The normalized spacial score (nSPS) is 24.4. The molecule has 16 heavy (non-hydrogen) atoms. The number of hydrazine groups is 1. The van der Waals surface area contributed by atoms with Gasteiger partial charge in [-0.1, -0.05) is 27.7 Å². The summed E-state index contributed by atoms with van der Waals surface area (Å²) in [7, 11) is 0. The molecule has 1 heterocycles. The number of halogens is 1. The zero-order chi connectivity index (χ0) is 12.1. The van der Waals surface area contributed by atoms with Gasteiger partial charge in [-0.15, -0.1) is 0 Å². The van der Waals surface area contributed by atoms with Gasteiger partial charge in [0.1, 0.15) is 5.76 Å². The molecule has 0 aromatic carbocycles. The van der Waals surface area contributed by atoms with E-state index >= 15 is 0 Å². The maximum Gasteiger partial charge on any atom is 0.136 e. The fraction of sp³-hybridized carbons (Fsp3) is 0.667. The highest BCUT2D eigenvalue weighted by atomic mass is 79.9. The molecule has 3 N–H and O–H groups in total. The van der Waals surface area contributed by atoms with Crippen molar-refractivity contribution in [3.63, 3.8) is 0 Å². The van der Waals surface area contributed by atoms with Gasteiger partial charge in [-0.3, -0.25) is 5.84 Å². The van der Waals surface area contributed by atoms with E-state index in [1.165, 1.54) is 0 Å². The van der Waals surface area contributed by atoms with Crippen LogP contribution in [0.4, 0.5) is 0 Å². The first-order valence-electron chi connectivity index (χ1n) is 5.53. The molecule has 3 nitrogen and oxygen atoms in total. The maximum atomic E-state index is 5.69. The number of hydrogen-bond acceptors (Lipinski definition) is 3. The Bertz CT molecular complexity index is 383. The van der Waals surface area contributed by atoms with Crippen molar-refractivity contribution >= 4 is 15.9 Å². The van der Waals surface area contributed by atoms with Crippen molar-refractivity contribution in [2.75, 3.05) is 0 Å². The zero-order valence-electron chi connectivity index (χ0n) is 10.2. The minimum Gasteiger partial charge on any atom is -0.466 e. The molecule has 1 aromatic rings. The third kappa shape index (κ3) is 1.47. The summed E-state index contributed by atoms with van der Waals surface area (Å²) in [5.74, 6) is 7.06. The van der Waals surface area contributed by atoms with Crippen LogP contribution in [0, 0.1) is 16.7 Å². The van der Waals surface area contributed by atoms with Gasteiger partial charge < -0.3 is 4.42 Å². The molecule has 1 saturated carbocycles. The Morgan fingerprint density at radius 1 is 1.38 bits per heavy atom. The van der Waals surface area contributed by atoms with Gasteiger partial charge in [0, 0.05) is 0 Å². The van der Waals surface area contributed by atoms with E-state index in [1.807, 2.05) is 6.07 Å². The van der Waals surface area contributed by atoms with Gasteiger partial charge in [-0.2, -0.15) is 0 Å². The van der Waals surface area contributed by atoms with Gasteiger partial charge in [0.15, 0.2) is 0 Å². The predicted octanol–water partition coefficient (Wildman–Crippen LogP) is 3.23. The molecule has 90 valence electrons. The Balaban J connectivity index is 2.31. The quantitative estimate of drug-likeness (QED) is 0.663. The second-order valence-corrected chi connectivity index (χ2v) is 6.55. The average molecular weight is 287 g/mol. The first-order chi connectivity index (χ1) is 7.34.